The molecule has 0 aliphatic rings. The number of fused-ring (bicyclic) bond motifs is 1. The fraction of sp³-hybridized carbons (Fsp3) is 0.167. The van der Waals surface area contributed by atoms with Crippen molar-refractivity contribution in [3.8, 4) is 0 Å². The second-order valence-electron chi connectivity index (χ2n) is 3.92. The highest BCUT2D eigenvalue weighted by Gasteiger charge is 2.14. The first kappa shape index (κ1) is 13.4. The van der Waals surface area contributed by atoms with E-state index in [4.69, 9.17) is 5.21 Å². The lowest BCUT2D eigenvalue weighted by molar-refractivity contribution is 0.0972. The minimum Gasteiger partial charge on any atom is -0.409 e. The molecule has 2 N–H and O–H groups in total. The highest BCUT2D eigenvalue weighted by molar-refractivity contribution is 9.10. The van der Waals surface area contributed by atoms with Crippen LogP contribution in [0, 0.1) is 6.92 Å². The molecule has 0 spiro atoms. The second-order valence-corrected chi connectivity index (χ2v) is 4.84. The van der Waals surface area contributed by atoms with Crippen molar-refractivity contribution >= 4 is 38.6 Å². The number of amides is 1. The number of carbonyl (C=O) groups is 1. The average molecular weight is 323 g/mol. The maximum absolute atomic E-state index is 12.1. The first-order valence-electron chi connectivity index (χ1n) is 5.45. The van der Waals surface area contributed by atoms with Gasteiger partial charge in [0, 0.05) is 9.86 Å². The molecule has 1 amide bonds. The zero-order valence-electron chi connectivity index (χ0n) is 10.3. The molecule has 0 aliphatic carbocycles. The van der Waals surface area contributed by atoms with E-state index in [2.05, 4.69) is 36.4 Å². The van der Waals surface area contributed by atoms with E-state index in [0.29, 0.717) is 16.7 Å². The van der Waals surface area contributed by atoms with Crippen LogP contribution in [0.1, 0.15) is 23.2 Å². The lowest BCUT2D eigenvalue weighted by Gasteiger charge is -2.07. The van der Waals surface area contributed by atoms with Crippen LogP contribution in [-0.4, -0.2) is 26.9 Å². The Morgan fingerprint density at radius 2 is 2.16 bits per heavy atom. The Hall–Kier alpha value is -2.02. The molecular weight excluding hydrogens is 312 g/mol. The van der Waals surface area contributed by atoms with Crippen molar-refractivity contribution in [3.63, 3.8) is 0 Å². The molecule has 0 fully saturated rings. The number of nitrogens with one attached hydrogen (secondary N) is 1. The molecule has 6 nitrogen and oxygen atoms in total. The van der Waals surface area contributed by atoms with Gasteiger partial charge in [0.25, 0.3) is 5.91 Å². The van der Waals surface area contributed by atoms with Crippen LogP contribution in [0.25, 0.3) is 10.9 Å². The van der Waals surface area contributed by atoms with Crippen LogP contribution < -0.4 is 5.32 Å². The highest BCUT2D eigenvalue weighted by atomic mass is 79.9. The number of hydrogen-bond donors (Lipinski definition) is 2. The Morgan fingerprint density at radius 3 is 2.84 bits per heavy atom. The van der Waals surface area contributed by atoms with Crippen molar-refractivity contribution < 1.29 is 10.0 Å². The topological polar surface area (TPSA) is 87.5 Å². The van der Waals surface area contributed by atoms with Gasteiger partial charge in [0.2, 0.25) is 0 Å². The number of nitrogens with zero attached hydrogens (tertiary/aromatic N) is 3. The fourth-order valence-corrected chi connectivity index (χ4v) is 2.00. The molecule has 0 bridgehead atoms. The standard InChI is InChI=1S/C12H11BrN4O2/c1-6-14-10-4-3-8(13)5-9(10)11(15-6)12(18)16-7(2)17-19/h3-5,19H,1-2H3,(H,16,17,18). The fourth-order valence-electron chi connectivity index (χ4n) is 1.64. The van der Waals surface area contributed by atoms with E-state index >= 15 is 0 Å². The van der Waals surface area contributed by atoms with E-state index < -0.39 is 5.91 Å². The number of benzene rings is 1. The maximum Gasteiger partial charge on any atom is 0.276 e. The van der Waals surface area contributed by atoms with Crippen LogP contribution in [0.15, 0.2) is 27.8 Å². The van der Waals surface area contributed by atoms with Gasteiger partial charge in [-0.2, -0.15) is 0 Å². The normalized spacial score (nSPS) is 11.6. The summed E-state index contributed by atoms with van der Waals surface area (Å²) in [7, 11) is 0. The van der Waals surface area contributed by atoms with Crippen LogP contribution in [0.5, 0.6) is 0 Å². The van der Waals surface area contributed by atoms with Gasteiger partial charge in [0.15, 0.2) is 0 Å². The molecule has 2 aromatic rings. The zero-order valence-corrected chi connectivity index (χ0v) is 11.9. The van der Waals surface area contributed by atoms with Crippen molar-refractivity contribution in [1.29, 1.82) is 0 Å². The third kappa shape index (κ3) is 2.87. The predicted molar refractivity (Wildman–Crippen MR) is 74.3 cm³/mol. The maximum atomic E-state index is 12.1. The Bertz CT molecular complexity index is 685. The molecule has 0 unspecified atom stereocenters. The van der Waals surface area contributed by atoms with E-state index in [1.54, 1.807) is 19.1 Å². The van der Waals surface area contributed by atoms with Gasteiger partial charge in [-0.15, -0.1) is 0 Å². The number of aromatic nitrogens is 2. The molecule has 1 aromatic carbocycles. The molecule has 1 aromatic heterocycles. The average Bonchev–Trinajstić information content (AvgIpc) is 2.38. The molecule has 0 saturated carbocycles. The molecule has 0 aliphatic heterocycles. The molecule has 0 saturated heterocycles. The Morgan fingerprint density at radius 1 is 1.42 bits per heavy atom. The van der Waals surface area contributed by atoms with E-state index in [9.17, 15) is 4.79 Å². The molecule has 7 heteroatoms. The lowest BCUT2D eigenvalue weighted by atomic mass is 10.1. The molecule has 98 valence electrons. The first-order chi connectivity index (χ1) is 9.01. The number of carbonyl (C=O) groups excluding carboxylic acids is 1. The predicted octanol–water partition coefficient (Wildman–Crippen LogP) is 2.24. The quantitative estimate of drug-likeness (QED) is 0.365. The SMILES string of the molecule is CC(=NO)NC(=O)c1nc(C)nc2ccc(Br)cc12. The van der Waals surface area contributed by atoms with Crippen molar-refractivity contribution in [3.05, 3.63) is 34.2 Å². The molecule has 19 heavy (non-hydrogen) atoms. The summed E-state index contributed by atoms with van der Waals surface area (Å²) in [5, 5.41) is 14.5. The van der Waals surface area contributed by atoms with Gasteiger partial charge < -0.3 is 10.5 Å². The molecule has 0 atom stereocenters. The number of rotatable bonds is 1. The van der Waals surface area contributed by atoms with Gasteiger partial charge in [0.05, 0.1) is 5.52 Å². The minimum absolute atomic E-state index is 0.101. The highest BCUT2D eigenvalue weighted by Crippen LogP contribution is 2.21. The number of halogens is 1. The largest absolute Gasteiger partial charge is 0.409 e. The summed E-state index contributed by atoms with van der Waals surface area (Å²) < 4.78 is 0.828. The Balaban J connectivity index is 2.58. The van der Waals surface area contributed by atoms with Crippen LogP contribution in [0.3, 0.4) is 0 Å². The monoisotopic (exact) mass is 322 g/mol. The molecule has 0 radical (unpaired) electrons. The van der Waals surface area contributed by atoms with Gasteiger partial charge in [-0.1, -0.05) is 21.1 Å². The van der Waals surface area contributed by atoms with Gasteiger partial charge in [-0.3, -0.25) is 4.79 Å². The first-order valence-corrected chi connectivity index (χ1v) is 6.24. The van der Waals surface area contributed by atoms with E-state index in [-0.39, 0.29) is 11.5 Å². The van der Waals surface area contributed by atoms with Crippen LogP contribution in [0.2, 0.25) is 0 Å². The lowest BCUT2D eigenvalue weighted by Crippen LogP contribution is -2.29. The van der Waals surface area contributed by atoms with E-state index in [1.165, 1.54) is 6.92 Å². The Labute approximate surface area is 117 Å². The number of hydrogen-bond acceptors (Lipinski definition) is 5. The third-order valence-corrected chi connectivity index (χ3v) is 2.92. The van der Waals surface area contributed by atoms with Crippen molar-refractivity contribution in [2.45, 2.75) is 13.8 Å². The van der Waals surface area contributed by atoms with Gasteiger partial charge >= 0.3 is 0 Å². The minimum atomic E-state index is -0.441. The summed E-state index contributed by atoms with van der Waals surface area (Å²) in [5.74, 6) is 0.159. The van der Waals surface area contributed by atoms with Gasteiger partial charge in [0.1, 0.15) is 17.4 Å². The van der Waals surface area contributed by atoms with Crippen molar-refractivity contribution in [1.82, 2.24) is 15.3 Å². The second kappa shape index (κ2) is 5.31. The summed E-state index contributed by atoms with van der Waals surface area (Å²) >= 11 is 3.35. The summed E-state index contributed by atoms with van der Waals surface area (Å²) in [4.78, 5) is 20.5. The summed E-state index contributed by atoms with van der Waals surface area (Å²) in [6.07, 6.45) is 0. The third-order valence-electron chi connectivity index (χ3n) is 2.43. The van der Waals surface area contributed by atoms with Crippen molar-refractivity contribution in [2.24, 2.45) is 5.16 Å². The smallest absolute Gasteiger partial charge is 0.276 e. The van der Waals surface area contributed by atoms with Crippen LogP contribution >= 0.6 is 15.9 Å². The summed E-state index contributed by atoms with van der Waals surface area (Å²) in [5.41, 5.74) is 0.922. The molecule has 2 rings (SSSR count). The number of amidine groups is 1. The van der Waals surface area contributed by atoms with Crippen LogP contribution in [-0.2, 0) is 0 Å². The number of aryl methyl sites for hydroxylation is 1. The van der Waals surface area contributed by atoms with Gasteiger partial charge in [-0.05, 0) is 32.0 Å². The summed E-state index contributed by atoms with van der Waals surface area (Å²) in [6, 6.07) is 5.42. The zero-order chi connectivity index (χ0) is 14.0. The number of oxime groups is 1. The van der Waals surface area contributed by atoms with E-state index in [0.717, 1.165) is 4.47 Å². The molecule has 1 heterocycles. The molecular formula is C12H11BrN4O2. The van der Waals surface area contributed by atoms with E-state index in [1.807, 2.05) is 6.07 Å². The van der Waals surface area contributed by atoms with Crippen LogP contribution in [0.4, 0.5) is 0 Å². The van der Waals surface area contributed by atoms with Gasteiger partial charge in [-0.25, -0.2) is 9.97 Å². The van der Waals surface area contributed by atoms with Crippen molar-refractivity contribution in [2.75, 3.05) is 0 Å². The summed E-state index contributed by atoms with van der Waals surface area (Å²) in [6.45, 7) is 3.19. The Kier molecular flexibility index (Phi) is 3.75.